The molecule has 1 saturated heterocycles. The monoisotopic (exact) mass is 405 g/mol. The summed E-state index contributed by atoms with van der Waals surface area (Å²) in [5.41, 5.74) is 3.75. The van der Waals surface area contributed by atoms with Crippen LogP contribution in [0.3, 0.4) is 0 Å². The lowest BCUT2D eigenvalue weighted by Gasteiger charge is -2.28. The normalized spacial score (nSPS) is 15.3. The standard InChI is InChI=1S/C23H23N3O2S/c24-29(27,28)22-11-9-16-6-2-3-7-18(16)23(22)17-8-10-20-19(14-17)21(15-25-20)26-12-4-1-5-13-26/h2-3,6-11,14-15,25H,1,4-5,12-13H2,(H2,24,27,28). The topological polar surface area (TPSA) is 79.2 Å². The second kappa shape index (κ2) is 6.90. The van der Waals surface area contributed by atoms with E-state index in [1.54, 1.807) is 6.07 Å². The number of nitrogens with zero attached hydrogens (tertiary/aromatic N) is 1. The average Bonchev–Trinajstić information content (AvgIpc) is 3.16. The molecule has 29 heavy (non-hydrogen) atoms. The molecule has 0 aliphatic carbocycles. The average molecular weight is 406 g/mol. The lowest BCUT2D eigenvalue weighted by atomic mass is 9.97. The van der Waals surface area contributed by atoms with Crippen LogP contribution >= 0.6 is 0 Å². The van der Waals surface area contributed by atoms with Gasteiger partial charge in [-0.2, -0.15) is 0 Å². The van der Waals surface area contributed by atoms with Gasteiger partial charge < -0.3 is 9.88 Å². The SMILES string of the molecule is NS(=O)(=O)c1ccc2ccccc2c1-c1ccc2[nH]cc(N3CCCCC3)c2c1. The van der Waals surface area contributed by atoms with Gasteiger partial charge in [-0.3, -0.25) is 0 Å². The van der Waals surface area contributed by atoms with Crippen molar-refractivity contribution in [3.63, 3.8) is 0 Å². The number of hydrogen-bond donors (Lipinski definition) is 2. The Balaban J connectivity index is 1.76. The lowest BCUT2D eigenvalue weighted by molar-refractivity contribution is 0.579. The molecule has 0 bridgehead atoms. The Kier molecular flexibility index (Phi) is 4.33. The second-order valence-corrected chi connectivity index (χ2v) is 9.22. The number of aromatic nitrogens is 1. The highest BCUT2D eigenvalue weighted by Crippen LogP contribution is 2.38. The van der Waals surface area contributed by atoms with Crippen LogP contribution in [-0.2, 0) is 10.0 Å². The van der Waals surface area contributed by atoms with Crippen LogP contribution in [0.15, 0.2) is 65.7 Å². The highest BCUT2D eigenvalue weighted by molar-refractivity contribution is 7.89. The number of fused-ring (bicyclic) bond motifs is 2. The van der Waals surface area contributed by atoms with Crippen LogP contribution in [-0.4, -0.2) is 26.5 Å². The number of benzene rings is 3. The molecule has 0 atom stereocenters. The van der Waals surface area contributed by atoms with Gasteiger partial charge in [-0.1, -0.05) is 36.4 Å². The zero-order valence-electron chi connectivity index (χ0n) is 16.1. The molecule has 5 rings (SSSR count). The van der Waals surface area contributed by atoms with Crippen LogP contribution in [0, 0.1) is 0 Å². The van der Waals surface area contributed by atoms with Crippen molar-refractivity contribution < 1.29 is 8.42 Å². The van der Waals surface area contributed by atoms with E-state index in [4.69, 9.17) is 5.14 Å². The van der Waals surface area contributed by atoms with Crippen molar-refractivity contribution in [2.24, 2.45) is 5.14 Å². The van der Waals surface area contributed by atoms with Crippen LogP contribution in [0.4, 0.5) is 5.69 Å². The Morgan fingerprint density at radius 3 is 2.48 bits per heavy atom. The van der Waals surface area contributed by atoms with Gasteiger partial charge in [0.1, 0.15) is 0 Å². The van der Waals surface area contributed by atoms with Gasteiger partial charge in [0.2, 0.25) is 10.0 Å². The molecule has 1 aliphatic rings. The minimum atomic E-state index is -3.86. The molecule has 0 unspecified atom stereocenters. The summed E-state index contributed by atoms with van der Waals surface area (Å²) in [6, 6.07) is 17.3. The highest BCUT2D eigenvalue weighted by Gasteiger charge is 2.20. The quantitative estimate of drug-likeness (QED) is 0.522. The van der Waals surface area contributed by atoms with E-state index in [1.165, 1.54) is 24.9 Å². The van der Waals surface area contributed by atoms with Gasteiger partial charge in [0.05, 0.1) is 10.6 Å². The number of hydrogen-bond acceptors (Lipinski definition) is 3. The Morgan fingerprint density at radius 2 is 1.69 bits per heavy atom. The summed E-state index contributed by atoms with van der Waals surface area (Å²) < 4.78 is 24.7. The molecule has 0 spiro atoms. The molecule has 148 valence electrons. The summed E-state index contributed by atoms with van der Waals surface area (Å²) >= 11 is 0. The van der Waals surface area contributed by atoms with Crippen LogP contribution in [0.1, 0.15) is 19.3 Å². The van der Waals surface area contributed by atoms with Gasteiger partial charge >= 0.3 is 0 Å². The molecule has 3 N–H and O–H groups in total. The molecule has 0 radical (unpaired) electrons. The molecule has 3 aromatic carbocycles. The molecule has 6 heteroatoms. The van der Waals surface area contributed by atoms with Gasteiger partial charge in [-0.15, -0.1) is 0 Å². The predicted molar refractivity (Wildman–Crippen MR) is 119 cm³/mol. The van der Waals surface area contributed by atoms with Crippen molar-refractivity contribution in [2.75, 3.05) is 18.0 Å². The first-order valence-corrected chi connectivity index (χ1v) is 11.5. The van der Waals surface area contributed by atoms with E-state index < -0.39 is 10.0 Å². The summed E-state index contributed by atoms with van der Waals surface area (Å²) in [7, 11) is -3.86. The van der Waals surface area contributed by atoms with Crippen molar-refractivity contribution in [1.82, 2.24) is 4.98 Å². The highest BCUT2D eigenvalue weighted by atomic mass is 32.2. The summed E-state index contributed by atoms with van der Waals surface area (Å²) in [4.78, 5) is 5.93. The van der Waals surface area contributed by atoms with E-state index in [1.807, 2.05) is 42.5 Å². The van der Waals surface area contributed by atoms with Gasteiger partial charge in [0, 0.05) is 35.8 Å². The van der Waals surface area contributed by atoms with Crippen LogP contribution in [0.5, 0.6) is 0 Å². The first kappa shape index (κ1) is 18.2. The zero-order valence-corrected chi connectivity index (χ0v) is 16.9. The maximum Gasteiger partial charge on any atom is 0.238 e. The second-order valence-electron chi connectivity index (χ2n) is 7.69. The molecule has 4 aromatic rings. The van der Waals surface area contributed by atoms with Crippen molar-refractivity contribution in [3.05, 3.63) is 60.8 Å². The minimum Gasteiger partial charge on any atom is -0.370 e. The number of aromatic amines is 1. The van der Waals surface area contributed by atoms with Crippen LogP contribution < -0.4 is 10.0 Å². The van der Waals surface area contributed by atoms with Gasteiger partial charge in [0.25, 0.3) is 0 Å². The van der Waals surface area contributed by atoms with Crippen molar-refractivity contribution >= 4 is 37.4 Å². The predicted octanol–water partition coefficient (Wildman–Crippen LogP) is 4.63. The first-order valence-electron chi connectivity index (χ1n) is 9.93. The summed E-state index contributed by atoms with van der Waals surface area (Å²) in [6.07, 6.45) is 5.73. The molecule has 1 aromatic heterocycles. The number of H-pyrrole nitrogens is 1. The van der Waals surface area contributed by atoms with E-state index in [2.05, 4.69) is 22.1 Å². The zero-order chi connectivity index (χ0) is 20.0. The van der Waals surface area contributed by atoms with Gasteiger partial charge in [-0.05, 0) is 53.8 Å². The van der Waals surface area contributed by atoms with E-state index in [0.717, 1.165) is 40.3 Å². The number of primary sulfonamides is 1. The number of anilines is 1. The Morgan fingerprint density at radius 1 is 0.897 bits per heavy atom. The fourth-order valence-electron chi connectivity index (χ4n) is 4.44. The number of rotatable bonds is 3. The van der Waals surface area contributed by atoms with E-state index in [0.29, 0.717) is 5.56 Å². The maximum absolute atomic E-state index is 12.4. The summed E-state index contributed by atoms with van der Waals surface area (Å²) in [6.45, 7) is 2.10. The molecular formula is C23H23N3O2S. The van der Waals surface area contributed by atoms with Crippen molar-refractivity contribution in [1.29, 1.82) is 0 Å². The number of nitrogens with one attached hydrogen (secondary N) is 1. The third-order valence-electron chi connectivity index (χ3n) is 5.84. The number of piperidine rings is 1. The largest absolute Gasteiger partial charge is 0.370 e. The van der Waals surface area contributed by atoms with E-state index in [9.17, 15) is 8.42 Å². The molecule has 0 saturated carbocycles. The van der Waals surface area contributed by atoms with Gasteiger partial charge in [-0.25, -0.2) is 13.6 Å². The van der Waals surface area contributed by atoms with Crippen LogP contribution in [0.25, 0.3) is 32.8 Å². The summed E-state index contributed by atoms with van der Waals surface area (Å²) in [5, 5.41) is 8.56. The van der Waals surface area contributed by atoms with Crippen LogP contribution in [0.2, 0.25) is 0 Å². The fourth-order valence-corrected chi connectivity index (χ4v) is 5.21. The molecule has 5 nitrogen and oxygen atoms in total. The molecule has 0 amide bonds. The van der Waals surface area contributed by atoms with Crippen molar-refractivity contribution in [3.8, 4) is 11.1 Å². The third kappa shape index (κ3) is 3.18. The van der Waals surface area contributed by atoms with Gasteiger partial charge in [0.15, 0.2) is 0 Å². The fraction of sp³-hybridized carbons (Fsp3) is 0.217. The van der Waals surface area contributed by atoms with E-state index in [-0.39, 0.29) is 4.90 Å². The van der Waals surface area contributed by atoms with Crippen molar-refractivity contribution in [2.45, 2.75) is 24.2 Å². The Labute approximate surface area is 170 Å². The Bertz CT molecular complexity index is 1320. The number of sulfonamides is 1. The Hall–Kier alpha value is -2.83. The molecule has 1 fully saturated rings. The molecule has 1 aliphatic heterocycles. The first-order chi connectivity index (χ1) is 14.0. The van der Waals surface area contributed by atoms with E-state index >= 15 is 0 Å². The minimum absolute atomic E-state index is 0.158. The molecule has 2 heterocycles. The number of nitrogens with two attached hydrogens (primary N) is 1. The smallest absolute Gasteiger partial charge is 0.238 e. The maximum atomic E-state index is 12.4. The lowest BCUT2D eigenvalue weighted by Crippen LogP contribution is -2.29. The summed E-state index contributed by atoms with van der Waals surface area (Å²) in [5.74, 6) is 0. The third-order valence-corrected chi connectivity index (χ3v) is 6.80. The molecular weight excluding hydrogens is 382 g/mol.